The molecule has 0 spiro atoms. The fourth-order valence-electron chi connectivity index (χ4n) is 2.13. The van der Waals surface area contributed by atoms with E-state index >= 15 is 0 Å². The van der Waals surface area contributed by atoms with Gasteiger partial charge in [-0.1, -0.05) is 6.92 Å². The fraction of sp³-hybridized carbons (Fsp3) is 0.467. The van der Waals surface area contributed by atoms with Gasteiger partial charge in [-0.05, 0) is 50.1 Å². The molecule has 0 saturated heterocycles. The molecule has 1 N–H and O–H groups in total. The zero-order valence-electron chi connectivity index (χ0n) is 11.8. The van der Waals surface area contributed by atoms with Crippen LogP contribution in [0.25, 0.3) is 11.0 Å². The third kappa shape index (κ3) is 2.94. The van der Waals surface area contributed by atoms with Crippen LogP contribution >= 0.6 is 0 Å². The van der Waals surface area contributed by atoms with Gasteiger partial charge in [-0.3, -0.25) is 0 Å². The van der Waals surface area contributed by atoms with Crippen LogP contribution in [-0.2, 0) is 6.54 Å². The first-order valence-corrected chi connectivity index (χ1v) is 6.70. The van der Waals surface area contributed by atoms with Crippen molar-refractivity contribution in [1.82, 2.24) is 14.9 Å². The zero-order chi connectivity index (χ0) is 13.8. The number of nitrogens with one attached hydrogen (secondary N) is 1. The van der Waals surface area contributed by atoms with Crippen molar-refractivity contribution in [3.05, 3.63) is 29.6 Å². The van der Waals surface area contributed by atoms with Crippen LogP contribution in [0.1, 0.15) is 24.5 Å². The summed E-state index contributed by atoms with van der Waals surface area (Å²) in [6, 6.07) is 6.38. The Bertz CT molecular complexity index is 606. The first kappa shape index (κ1) is 13.6. The highest BCUT2D eigenvalue weighted by molar-refractivity contribution is 5.77. The van der Waals surface area contributed by atoms with Gasteiger partial charge in [-0.25, -0.2) is 4.98 Å². The summed E-state index contributed by atoms with van der Waals surface area (Å²) < 4.78 is 2.05. The number of fused-ring (bicyclic) bond motifs is 1. The number of aromatic nitrogens is 2. The van der Waals surface area contributed by atoms with E-state index in [1.54, 1.807) is 0 Å². The minimum atomic E-state index is -0.168. The van der Waals surface area contributed by atoms with Gasteiger partial charge in [0.2, 0.25) is 0 Å². The molecule has 2 aromatic rings. The van der Waals surface area contributed by atoms with Gasteiger partial charge in [-0.2, -0.15) is 5.26 Å². The van der Waals surface area contributed by atoms with Crippen molar-refractivity contribution in [2.75, 3.05) is 6.54 Å². The molecule has 1 aromatic heterocycles. The quantitative estimate of drug-likeness (QED) is 0.894. The van der Waals surface area contributed by atoms with E-state index in [-0.39, 0.29) is 6.04 Å². The van der Waals surface area contributed by atoms with E-state index in [9.17, 15) is 5.26 Å². The molecule has 19 heavy (non-hydrogen) atoms. The summed E-state index contributed by atoms with van der Waals surface area (Å²) in [5, 5.41) is 12.4. The fourth-order valence-corrected chi connectivity index (χ4v) is 2.13. The van der Waals surface area contributed by atoms with Gasteiger partial charge in [0, 0.05) is 0 Å². The molecule has 0 saturated carbocycles. The predicted octanol–water partition coefficient (Wildman–Crippen LogP) is 2.54. The van der Waals surface area contributed by atoms with E-state index in [2.05, 4.69) is 53.8 Å². The molecular weight excluding hydrogens is 236 g/mol. The molecule has 1 heterocycles. The van der Waals surface area contributed by atoms with Crippen LogP contribution in [0, 0.1) is 25.2 Å². The van der Waals surface area contributed by atoms with Gasteiger partial charge in [0.1, 0.15) is 6.04 Å². The Morgan fingerprint density at radius 3 is 2.79 bits per heavy atom. The maximum Gasteiger partial charge on any atom is 0.113 e. The van der Waals surface area contributed by atoms with Crippen LogP contribution in [0.5, 0.6) is 0 Å². The maximum absolute atomic E-state index is 9.18. The lowest BCUT2D eigenvalue weighted by atomic mass is 10.1. The summed E-state index contributed by atoms with van der Waals surface area (Å²) in [6.07, 6.45) is 2.85. The molecule has 4 heteroatoms. The lowest BCUT2D eigenvalue weighted by Crippen LogP contribution is -2.32. The lowest BCUT2D eigenvalue weighted by molar-refractivity contribution is 0.528. The molecular formula is C15H20N4. The molecule has 0 aliphatic carbocycles. The number of aryl methyl sites for hydroxylation is 2. The molecule has 2 rings (SSSR count). The Morgan fingerprint density at radius 2 is 2.11 bits per heavy atom. The van der Waals surface area contributed by atoms with Gasteiger partial charge >= 0.3 is 0 Å². The van der Waals surface area contributed by atoms with Gasteiger partial charge in [0.25, 0.3) is 0 Å². The van der Waals surface area contributed by atoms with Crippen LogP contribution in [0.15, 0.2) is 18.5 Å². The van der Waals surface area contributed by atoms with Crippen LogP contribution in [0.3, 0.4) is 0 Å². The van der Waals surface area contributed by atoms with E-state index in [1.807, 2.05) is 6.33 Å². The van der Waals surface area contributed by atoms with Crippen molar-refractivity contribution < 1.29 is 0 Å². The Balaban J connectivity index is 2.25. The number of imidazole rings is 1. The van der Waals surface area contributed by atoms with Crippen molar-refractivity contribution in [2.24, 2.45) is 0 Å². The standard InChI is InChI=1S/C15H20N4/c1-4-5-17-13(8-16)9-19-10-18-14-6-11(2)12(3)7-15(14)19/h6-7,10,13,17H,4-5,9H2,1-3H3. The Labute approximate surface area is 114 Å². The smallest absolute Gasteiger partial charge is 0.113 e. The van der Waals surface area contributed by atoms with Crippen molar-refractivity contribution in [2.45, 2.75) is 39.8 Å². The lowest BCUT2D eigenvalue weighted by Gasteiger charge is -2.12. The molecule has 0 amide bonds. The van der Waals surface area contributed by atoms with Crippen LogP contribution < -0.4 is 5.32 Å². The van der Waals surface area contributed by atoms with E-state index in [0.717, 1.165) is 24.0 Å². The molecule has 0 aliphatic heterocycles. The molecule has 1 aromatic carbocycles. The summed E-state index contributed by atoms with van der Waals surface area (Å²) in [7, 11) is 0. The van der Waals surface area contributed by atoms with Gasteiger partial charge < -0.3 is 9.88 Å². The minimum absolute atomic E-state index is 0.168. The molecule has 0 radical (unpaired) electrons. The molecule has 1 unspecified atom stereocenters. The van der Waals surface area contributed by atoms with Crippen LogP contribution in [0.2, 0.25) is 0 Å². The highest BCUT2D eigenvalue weighted by Gasteiger charge is 2.10. The summed E-state index contributed by atoms with van der Waals surface area (Å²) >= 11 is 0. The monoisotopic (exact) mass is 256 g/mol. The SMILES string of the molecule is CCCNC(C#N)Cn1cnc2cc(C)c(C)cc21. The van der Waals surface area contributed by atoms with Gasteiger partial charge in [-0.15, -0.1) is 0 Å². The summed E-state index contributed by atoms with van der Waals surface area (Å²) in [5.74, 6) is 0. The summed E-state index contributed by atoms with van der Waals surface area (Å²) in [4.78, 5) is 4.41. The Morgan fingerprint density at radius 1 is 1.37 bits per heavy atom. The number of nitriles is 1. The minimum Gasteiger partial charge on any atom is -0.328 e. The van der Waals surface area contributed by atoms with E-state index in [1.165, 1.54) is 11.1 Å². The van der Waals surface area contributed by atoms with Gasteiger partial charge in [0.15, 0.2) is 0 Å². The van der Waals surface area contributed by atoms with Crippen molar-refractivity contribution in [1.29, 1.82) is 5.26 Å². The van der Waals surface area contributed by atoms with E-state index in [0.29, 0.717) is 6.54 Å². The normalized spacial score (nSPS) is 12.5. The van der Waals surface area contributed by atoms with Crippen molar-refractivity contribution in [3.8, 4) is 6.07 Å². The predicted molar refractivity (Wildman–Crippen MR) is 76.9 cm³/mol. The number of rotatable bonds is 5. The van der Waals surface area contributed by atoms with E-state index in [4.69, 9.17) is 0 Å². The second-order valence-corrected chi connectivity index (χ2v) is 4.96. The summed E-state index contributed by atoms with van der Waals surface area (Å²) in [6.45, 7) is 7.79. The molecule has 0 fully saturated rings. The van der Waals surface area contributed by atoms with Crippen molar-refractivity contribution >= 4 is 11.0 Å². The zero-order valence-corrected chi connectivity index (χ0v) is 11.8. The second kappa shape index (κ2) is 5.85. The third-order valence-corrected chi connectivity index (χ3v) is 3.41. The first-order chi connectivity index (χ1) is 9.15. The maximum atomic E-state index is 9.18. The van der Waals surface area contributed by atoms with Gasteiger partial charge in [0.05, 0.1) is 30.0 Å². The molecule has 4 nitrogen and oxygen atoms in total. The highest BCUT2D eigenvalue weighted by Crippen LogP contribution is 2.18. The highest BCUT2D eigenvalue weighted by atomic mass is 15.1. The van der Waals surface area contributed by atoms with Crippen molar-refractivity contribution in [3.63, 3.8) is 0 Å². The largest absolute Gasteiger partial charge is 0.328 e. The third-order valence-electron chi connectivity index (χ3n) is 3.41. The molecule has 1 atom stereocenters. The number of hydrogen-bond acceptors (Lipinski definition) is 3. The topological polar surface area (TPSA) is 53.6 Å². The second-order valence-electron chi connectivity index (χ2n) is 4.96. The Hall–Kier alpha value is -1.86. The average molecular weight is 256 g/mol. The number of benzene rings is 1. The molecule has 100 valence electrons. The first-order valence-electron chi connectivity index (χ1n) is 6.70. The average Bonchev–Trinajstić information content (AvgIpc) is 2.77. The number of nitrogens with zero attached hydrogens (tertiary/aromatic N) is 3. The number of hydrogen-bond donors (Lipinski definition) is 1. The molecule has 0 aliphatic rings. The Kier molecular flexibility index (Phi) is 4.18. The summed E-state index contributed by atoms with van der Waals surface area (Å²) in [5.41, 5.74) is 4.60. The van der Waals surface area contributed by atoms with E-state index < -0.39 is 0 Å². The van der Waals surface area contributed by atoms with Crippen LogP contribution in [-0.4, -0.2) is 22.1 Å². The molecule has 0 bridgehead atoms. The van der Waals surface area contributed by atoms with Crippen LogP contribution in [0.4, 0.5) is 0 Å².